The van der Waals surface area contributed by atoms with Crippen LogP contribution in [0, 0.1) is 0 Å². The van der Waals surface area contributed by atoms with Crippen LogP contribution in [0.1, 0.15) is 34.3 Å². The van der Waals surface area contributed by atoms with Gasteiger partial charge in [0.2, 0.25) is 0 Å². The van der Waals surface area contributed by atoms with Crippen molar-refractivity contribution < 1.29 is 9.21 Å². The molecule has 0 radical (unpaired) electrons. The van der Waals surface area contributed by atoms with E-state index in [2.05, 4.69) is 28.4 Å². The zero-order valence-corrected chi connectivity index (χ0v) is 12.0. The molecule has 0 spiro atoms. The van der Waals surface area contributed by atoms with E-state index in [0.29, 0.717) is 12.1 Å². The van der Waals surface area contributed by atoms with E-state index in [-0.39, 0.29) is 5.91 Å². The Kier molecular flexibility index (Phi) is 4.36. The van der Waals surface area contributed by atoms with Crippen LogP contribution < -0.4 is 5.32 Å². The monoisotopic (exact) mass is 284 g/mol. The number of amides is 1. The predicted molar refractivity (Wildman–Crippen MR) is 80.8 cm³/mol. The summed E-state index contributed by atoms with van der Waals surface area (Å²) in [5, 5.41) is 2.91. The third-order valence-corrected chi connectivity index (χ3v) is 3.83. The molecule has 0 atom stereocenters. The molecular formula is C17H20N2O2. The van der Waals surface area contributed by atoms with Crippen LogP contribution in [-0.4, -0.2) is 23.9 Å². The summed E-state index contributed by atoms with van der Waals surface area (Å²) < 4.78 is 4.91. The molecule has 2 heterocycles. The maximum atomic E-state index is 11.9. The van der Waals surface area contributed by atoms with E-state index >= 15 is 0 Å². The lowest BCUT2D eigenvalue weighted by molar-refractivity contribution is 0.0950. The topological polar surface area (TPSA) is 45.5 Å². The minimum absolute atomic E-state index is 0.103. The van der Waals surface area contributed by atoms with Crippen molar-refractivity contribution in [2.24, 2.45) is 0 Å². The van der Waals surface area contributed by atoms with Crippen LogP contribution in [0.4, 0.5) is 0 Å². The van der Waals surface area contributed by atoms with Gasteiger partial charge in [0.25, 0.3) is 5.91 Å². The van der Waals surface area contributed by atoms with Crippen molar-refractivity contribution in [3.63, 3.8) is 0 Å². The first-order valence-electron chi connectivity index (χ1n) is 7.42. The van der Waals surface area contributed by atoms with Gasteiger partial charge in [-0.05, 0) is 43.1 Å². The van der Waals surface area contributed by atoms with Crippen molar-refractivity contribution in [2.45, 2.75) is 25.9 Å². The summed E-state index contributed by atoms with van der Waals surface area (Å²) in [4.78, 5) is 14.3. The molecule has 0 unspecified atom stereocenters. The van der Waals surface area contributed by atoms with Gasteiger partial charge in [0.05, 0.1) is 11.8 Å². The standard InChI is InChI=1S/C17H20N2O2/c20-17(16-6-9-21-13-16)18-11-14-4-3-5-15(10-14)12-19-7-1-2-8-19/h3-6,9-10,13H,1-2,7-8,11-12H2,(H,18,20). The van der Waals surface area contributed by atoms with Crippen molar-refractivity contribution >= 4 is 5.91 Å². The van der Waals surface area contributed by atoms with Gasteiger partial charge in [-0.15, -0.1) is 0 Å². The van der Waals surface area contributed by atoms with Gasteiger partial charge < -0.3 is 9.73 Å². The van der Waals surface area contributed by atoms with E-state index in [1.54, 1.807) is 6.07 Å². The van der Waals surface area contributed by atoms with Crippen molar-refractivity contribution in [3.8, 4) is 0 Å². The summed E-state index contributed by atoms with van der Waals surface area (Å²) in [6, 6.07) is 10.1. The van der Waals surface area contributed by atoms with Gasteiger partial charge in [0.1, 0.15) is 6.26 Å². The second-order valence-electron chi connectivity index (χ2n) is 5.50. The minimum Gasteiger partial charge on any atom is -0.472 e. The predicted octanol–water partition coefficient (Wildman–Crippen LogP) is 2.81. The second-order valence-corrected chi connectivity index (χ2v) is 5.50. The molecule has 3 rings (SSSR count). The number of hydrogen-bond acceptors (Lipinski definition) is 3. The van der Waals surface area contributed by atoms with Gasteiger partial charge >= 0.3 is 0 Å². The van der Waals surface area contributed by atoms with Gasteiger partial charge in [0.15, 0.2) is 0 Å². The maximum absolute atomic E-state index is 11.9. The third kappa shape index (κ3) is 3.73. The molecule has 0 aliphatic carbocycles. The van der Waals surface area contributed by atoms with Gasteiger partial charge in [-0.3, -0.25) is 9.69 Å². The summed E-state index contributed by atoms with van der Waals surface area (Å²) in [5.41, 5.74) is 3.00. The molecular weight excluding hydrogens is 264 g/mol. The van der Waals surface area contributed by atoms with E-state index in [0.717, 1.165) is 12.1 Å². The summed E-state index contributed by atoms with van der Waals surface area (Å²) >= 11 is 0. The lowest BCUT2D eigenvalue weighted by Crippen LogP contribution is -2.22. The van der Waals surface area contributed by atoms with Gasteiger partial charge in [0, 0.05) is 13.1 Å². The highest BCUT2D eigenvalue weighted by molar-refractivity contribution is 5.93. The molecule has 1 aromatic carbocycles. The molecule has 4 heteroatoms. The smallest absolute Gasteiger partial charge is 0.254 e. The molecule has 21 heavy (non-hydrogen) atoms. The number of nitrogens with one attached hydrogen (secondary N) is 1. The van der Waals surface area contributed by atoms with Crippen LogP contribution >= 0.6 is 0 Å². The van der Waals surface area contributed by atoms with Gasteiger partial charge in [-0.25, -0.2) is 0 Å². The fourth-order valence-corrected chi connectivity index (χ4v) is 2.71. The number of rotatable bonds is 5. The first-order valence-corrected chi connectivity index (χ1v) is 7.42. The molecule has 1 aliphatic rings. The normalized spacial score (nSPS) is 15.2. The Hall–Kier alpha value is -2.07. The third-order valence-electron chi connectivity index (χ3n) is 3.83. The van der Waals surface area contributed by atoms with Gasteiger partial charge in [-0.2, -0.15) is 0 Å². The Bertz CT molecular complexity index is 587. The lowest BCUT2D eigenvalue weighted by atomic mass is 10.1. The Morgan fingerprint density at radius 2 is 2.00 bits per heavy atom. The fraction of sp³-hybridized carbons (Fsp3) is 0.353. The van der Waals surface area contributed by atoms with Crippen molar-refractivity contribution in [1.82, 2.24) is 10.2 Å². The van der Waals surface area contributed by atoms with E-state index in [1.807, 2.05) is 6.07 Å². The molecule has 1 aliphatic heterocycles. The van der Waals surface area contributed by atoms with Crippen LogP contribution in [0.5, 0.6) is 0 Å². The molecule has 110 valence electrons. The molecule has 1 aromatic heterocycles. The molecule has 2 aromatic rings. The van der Waals surface area contributed by atoms with E-state index in [1.165, 1.54) is 44.0 Å². The fourth-order valence-electron chi connectivity index (χ4n) is 2.71. The van der Waals surface area contributed by atoms with E-state index in [4.69, 9.17) is 4.42 Å². The van der Waals surface area contributed by atoms with Crippen molar-refractivity contribution in [2.75, 3.05) is 13.1 Å². The summed E-state index contributed by atoms with van der Waals surface area (Å²) in [6.07, 6.45) is 5.58. The number of carbonyl (C=O) groups is 1. The first-order chi connectivity index (χ1) is 10.3. The molecule has 1 saturated heterocycles. The number of benzene rings is 1. The Morgan fingerprint density at radius 1 is 1.19 bits per heavy atom. The average molecular weight is 284 g/mol. The highest BCUT2D eigenvalue weighted by Crippen LogP contribution is 2.14. The van der Waals surface area contributed by atoms with E-state index in [9.17, 15) is 4.79 Å². The number of furan rings is 1. The van der Waals surface area contributed by atoms with Crippen molar-refractivity contribution in [1.29, 1.82) is 0 Å². The molecule has 4 nitrogen and oxygen atoms in total. The average Bonchev–Trinajstić information content (AvgIpc) is 3.18. The van der Waals surface area contributed by atoms with Crippen LogP contribution in [0.2, 0.25) is 0 Å². The first kappa shape index (κ1) is 13.9. The molecule has 0 saturated carbocycles. The highest BCUT2D eigenvalue weighted by atomic mass is 16.3. The second kappa shape index (κ2) is 6.59. The summed E-state index contributed by atoms with van der Waals surface area (Å²) in [7, 11) is 0. The molecule has 1 amide bonds. The number of carbonyl (C=O) groups excluding carboxylic acids is 1. The zero-order valence-electron chi connectivity index (χ0n) is 12.0. The molecule has 1 N–H and O–H groups in total. The van der Waals surface area contributed by atoms with Crippen LogP contribution in [0.15, 0.2) is 47.3 Å². The summed E-state index contributed by atoms with van der Waals surface area (Å²) in [6.45, 7) is 3.93. The number of likely N-dealkylation sites (tertiary alicyclic amines) is 1. The van der Waals surface area contributed by atoms with Gasteiger partial charge in [-0.1, -0.05) is 24.3 Å². The van der Waals surface area contributed by atoms with Crippen LogP contribution in [0.25, 0.3) is 0 Å². The zero-order chi connectivity index (χ0) is 14.5. The maximum Gasteiger partial charge on any atom is 0.254 e. The number of hydrogen-bond donors (Lipinski definition) is 1. The minimum atomic E-state index is -0.103. The quantitative estimate of drug-likeness (QED) is 0.918. The molecule has 0 bridgehead atoms. The Balaban J connectivity index is 1.56. The Morgan fingerprint density at radius 3 is 2.76 bits per heavy atom. The van der Waals surface area contributed by atoms with Crippen LogP contribution in [0.3, 0.4) is 0 Å². The summed E-state index contributed by atoms with van der Waals surface area (Å²) in [5.74, 6) is -0.103. The SMILES string of the molecule is O=C(NCc1cccc(CN2CCCC2)c1)c1ccoc1. The van der Waals surface area contributed by atoms with E-state index < -0.39 is 0 Å². The van der Waals surface area contributed by atoms with Crippen molar-refractivity contribution in [3.05, 3.63) is 59.5 Å². The molecule has 1 fully saturated rings. The largest absolute Gasteiger partial charge is 0.472 e. The lowest BCUT2D eigenvalue weighted by Gasteiger charge is -2.15. The number of nitrogens with zero attached hydrogens (tertiary/aromatic N) is 1. The highest BCUT2D eigenvalue weighted by Gasteiger charge is 2.12. The Labute approximate surface area is 124 Å². The van der Waals surface area contributed by atoms with Crippen LogP contribution in [-0.2, 0) is 13.1 Å².